The number of carbonyl (C=O) groups is 1. The summed E-state index contributed by atoms with van der Waals surface area (Å²) in [6, 6.07) is 12.8. The van der Waals surface area contributed by atoms with E-state index in [1.807, 2.05) is 30.3 Å². The fourth-order valence-corrected chi connectivity index (χ4v) is 1.52. The van der Waals surface area contributed by atoms with Gasteiger partial charge in [-0.3, -0.25) is 5.32 Å². The average molecular weight is 263 g/mol. The van der Waals surface area contributed by atoms with Crippen molar-refractivity contribution >= 4 is 23.4 Å². The fraction of sp³-hybridized carbons (Fsp3) is 0.0769. The van der Waals surface area contributed by atoms with Crippen LogP contribution in [0, 0.1) is 0 Å². The molecule has 0 aliphatic rings. The summed E-state index contributed by atoms with van der Waals surface area (Å²) >= 11 is 5.80. The lowest BCUT2D eigenvalue weighted by Crippen LogP contribution is -2.13. The zero-order valence-electron chi connectivity index (χ0n) is 9.47. The van der Waals surface area contributed by atoms with Gasteiger partial charge in [0.2, 0.25) is 0 Å². The molecule has 2 rings (SSSR count). The van der Waals surface area contributed by atoms with Gasteiger partial charge in [-0.15, -0.1) is 0 Å². The van der Waals surface area contributed by atoms with Crippen molar-refractivity contribution in [1.29, 1.82) is 0 Å². The first-order chi connectivity index (χ1) is 8.75. The van der Waals surface area contributed by atoms with Gasteiger partial charge in [-0.1, -0.05) is 41.9 Å². The zero-order valence-corrected chi connectivity index (χ0v) is 10.2. The molecule has 0 spiro atoms. The van der Waals surface area contributed by atoms with E-state index in [0.717, 1.165) is 5.56 Å². The SMILES string of the molecule is O=C(Nc1cccnc1Cl)OCc1ccccc1. The molecule has 0 unspecified atom stereocenters. The van der Waals surface area contributed by atoms with Crippen LogP contribution in [0.1, 0.15) is 5.56 Å². The second kappa shape index (κ2) is 6.02. The molecule has 0 atom stereocenters. The van der Waals surface area contributed by atoms with Crippen LogP contribution in [0.2, 0.25) is 5.15 Å². The molecule has 92 valence electrons. The number of rotatable bonds is 3. The van der Waals surface area contributed by atoms with Gasteiger partial charge in [-0.2, -0.15) is 0 Å². The molecule has 1 aromatic heterocycles. The van der Waals surface area contributed by atoms with Crippen molar-refractivity contribution in [2.24, 2.45) is 0 Å². The number of aromatic nitrogens is 1. The maximum atomic E-state index is 11.5. The second-order valence-electron chi connectivity index (χ2n) is 3.53. The fourth-order valence-electron chi connectivity index (χ4n) is 1.35. The smallest absolute Gasteiger partial charge is 0.412 e. The zero-order chi connectivity index (χ0) is 12.8. The first kappa shape index (κ1) is 12.4. The van der Waals surface area contributed by atoms with Crippen molar-refractivity contribution in [3.8, 4) is 0 Å². The number of benzene rings is 1. The first-order valence-corrected chi connectivity index (χ1v) is 5.72. The van der Waals surface area contributed by atoms with Gasteiger partial charge in [-0.25, -0.2) is 9.78 Å². The molecule has 4 nitrogen and oxygen atoms in total. The monoisotopic (exact) mass is 262 g/mol. The highest BCUT2D eigenvalue weighted by molar-refractivity contribution is 6.32. The molecule has 0 radical (unpaired) electrons. The minimum absolute atomic E-state index is 0.213. The summed E-state index contributed by atoms with van der Waals surface area (Å²) in [5.41, 5.74) is 1.35. The molecule has 1 amide bonds. The normalized spacial score (nSPS) is 9.83. The van der Waals surface area contributed by atoms with Crippen LogP contribution in [0.15, 0.2) is 48.7 Å². The summed E-state index contributed by atoms with van der Waals surface area (Å²) in [6.45, 7) is 0.213. The van der Waals surface area contributed by atoms with Crippen molar-refractivity contribution in [1.82, 2.24) is 4.98 Å². The number of anilines is 1. The molecule has 5 heteroatoms. The molecule has 0 saturated carbocycles. The molecule has 18 heavy (non-hydrogen) atoms. The van der Waals surface area contributed by atoms with Gasteiger partial charge in [0.1, 0.15) is 6.61 Å². The minimum Gasteiger partial charge on any atom is -0.444 e. The summed E-state index contributed by atoms with van der Waals surface area (Å²) in [5, 5.41) is 2.76. The molecular weight excluding hydrogens is 252 g/mol. The first-order valence-electron chi connectivity index (χ1n) is 5.34. The van der Waals surface area contributed by atoms with E-state index in [9.17, 15) is 4.79 Å². The van der Waals surface area contributed by atoms with E-state index in [-0.39, 0.29) is 11.8 Å². The Hall–Kier alpha value is -2.07. The maximum absolute atomic E-state index is 11.5. The van der Waals surface area contributed by atoms with E-state index >= 15 is 0 Å². The summed E-state index contributed by atoms with van der Waals surface area (Å²) in [4.78, 5) is 15.4. The lowest BCUT2D eigenvalue weighted by Gasteiger charge is -2.07. The minimum atomic E-state index is -0.561. The molecule has 0 aliphatic heterocycles. The Balaban J connectivity index is 1.88. The van der Waals surface area contributed by atoms with Gasteiger partial charge >= 0.3 is 6.09 Å². The third kappa shape index (κ3) is 3.46. The molecule has 0 aliphatic carbocycles. The molecular formula is C13H11ClN2O2. The summed E-state index contributed by atoms with van der Waals surface area (Å²) < 4.78 is 5.05. The van der Waals surface area contributed by atoms with E-state index in [4.69, 9.17) is 16.3 Å². The number of nitrogens with zero attached hydrogens (tertiary/aromatic N) is 1. The van der Waals surface area contributed by atoms with Crippen LogP contribution in [0.3, 0.4) is 0 Å². The van der Waals surface area contributed by atoms with Crippen molar-refractivity contribution < 1.29 is 9.53 Å². The highest BCUT2D eigenvalue weighted by Crippen LogP contribution is 2.17. The van der Waals surface area contributed by atoms with Crippen LogP contribution in [0.4, 0.5) is 10.5 Å². The van der Waals surface area contributed by atoms with Gasteiger partial charge < -0.3 is 4.74 Å². The Morgan fingerprint density at radius 1 is 1.22 bits per heavy atom. The maximum Gasteiger partial charge on any atom is 0.412 e. The molecule has 1 aromatic carbocycles. The van der Waals surface area contributed by atoms with Gasteiger partial charge in [-0.05, 0) is 17.7 Å². The third-order valence-electron chi connectivity index (χ3n) is 2.21. The van der Waals surface area contributed by atoms with Crippen LogP contribution in [0.5, 0.6) is 0 Å². The Morgan fingerprint density at radius 2 is 2.00 bits per heavy atom. The highest BCUT2D eigenvalue weighted by Gasteiger charge is 2.06. The topological polar surface area (TPSA) is 51.2 Å². The highest BCUT2D eigenvalue weighted by atomic mass is 35.5. The number of ether oxygens (including phenoxy) is 1. The van der Waals surface area contributed by atoms with E-state index < -0.39 is 6.09 Å². The Labute approximate surface area is 110 Å². The van der Waals surface area contributed by atoms with Crippen LogP contribution in [-0.4, -0.2) is 11.1 Å². The van der Waals surface area contributed by atoms with Crippen LogP contribution < -0.4 is 5.32 Å². The van der Waals surface area contributed by atoms with E-state index in [1.165, 1.54) is 0 Å². The number of pyridine rings is 1. The molecule has 0 bridgehead atoms. The number of amides is 1. The standard InChI is InChI=1S/C13H11ClN2O2/c14-12-11(7-4-8-15-12)16-13(17)18-9-10-5-2-1-3-6-10/h1-8H,9H2,(H,16,17). The third-order valence-corrected chi connectivity index (χ3v) is 2.51. The van der Waals surface area contributed by atoms with Crippen molar-refractivity contribution in [2.75, 3.05) is 5.32 Å². The second-order valence-corrected chi connectivity index (χ2v) is 3.89. The largest absolute Gasteiger partial charge is 0.444 e. The van der Waals surface area contributed by atoms with Gasteiger partial charge in [0.05, 0.1) is 5.69 Å². The van der Waals surface area contributed by atoms with Crippen LogP contribution in [0.25, 0.3) is 0 Å². The number of carbonyl (C=O) groups excluding carboxylic acids is 1. The average Bonchev–Trinajstić information content (AvgIpc) is 2.40. The summed E-state index contributed by atoms with van der Waals surface area (Å²) in [5.74, 6) is 0. The van der Waals surface area contributed by atoms with E-state index in [1.54, 1.807) is 18.3 Å². The van der Waals surface area contributed by atoms with Crippen molar-refractivity contribution in [2.45, 2.75) is 6.61 Å². The Morgan fingerprint density at radius 3 is 2.72 bits per heavy atom. The van der Waals surface area contributed by atoms with E-state index in [0.29, 0.717) is 5.69 Å². The van der Waals surface area contributed by atoms with Gasteiger partial charge in [0, 0.05) is 6.20 Å². The molecule has 1 heterocycles. The predicted octanol–water partition coefficient (Wildman–Crippen LogP) is 3.48. The number of hydrogen-bond donors (Lipinski definition) is 1. The predicted molar refractivity (Wildman–Crippen MR) is 69.5 cm³/mol. The molecule has 2 aromatic rings. The van der Waals surface area contributed by atoms with Gasteiger partial charge in [0.25, 0.3) is 0 Å². The number of nitrogens with one attached hydrogen (secondary N) is 1. The lowest BCUT2D eigenvalue weighted by atomic mass is 10.2. The quantitative estimate of drug-likeness (QED) is 0.862. The van der Waals surface area contributed by atoms with Gasteiger partial charge in [0.15, 0.2) is 5.15 Å². The Kier molecular flexibility index (Phi) is 4.15. The van der Waals surface area contributed by atoms with Crippen LogP contribution in [-0.2, 0) is 11.3 Å². The summed E-state index contributed by atoms with van der Waals surface area (Å²) in [6.07, 6.45) is 0.983. The number of hydrogen-bond acceptors (Lipinski definition) is 3. The molecule has 1 N–H and O–H groups in total. The summed E-state index contributed by atoms with van der Waals surface area (Å²) in [7, 11) is 0. The Bertz CT molecular complexity index is 532. The van der Waals surface area contributed by atoms with Crippen LogP contribution >= 0.6 is 11.6 Å². The van der Waals surface area contributed by atoms with Crippen molar-refractivity contribution in [3.63, 3.8) is 0 Å². The molecule has 0 saturated heterocycles. The lowest BCUT2D eigenvalue weighted by molar-refractivity contribution is 0.155. The molecule has 0 fully saturated rings. The van der Waals surface area contributed by atoms with Crippen molar-refractivity contribution in [3.05, 3.63) is 59.4 Å². The van der Waals surface area contributed by atoms with E-state index in [2.05, 4.69) is 10.3 Å². The number of halogens is 1.